The smallest absolute Gasteiger partial charge is 0.254 e. The van der Waals surface area contributed by atoms with Gasteiger partial charge in [-0.05, 0) is 62.3 Å². The minimum absolute atomic E-state index is 0.0955. The summed E-state index contributed by atoms with van der Waals surface area (Å²) in [4.78, 5) is 42.7. The topological polar surface area (TPSA) is 145 Å². The summed E-state index contributed by atoms with van der Waals surface area (Å²) in [5.41, 5.74) is 3.67. The molecule has 0 bridgehead atoms. The first-order valence-electron chi connectivity index (χ1n) is 15.6. The lowest BCUT2D eigenvalue weighted by Gasteiger charge is -2.33. The Morgan fingerprint density at radius 1 is 0.957 bits per heavy atom. The Morgan fingerprint density at radius 3 is 2.17 bits per heavy atom. The molecule has 3 amide bonds. The highest BCUT2D eigenvalue weighted by atomic mass is 32.2. The molecule has 1 fully saturated rings. The van der Waals surface area contributed by atoms with Crippen LogP contribution >= 0.6 is 11.8 Å². The van der Waals surface area contributed by atoms with Gasteiger partial charge in [0.25, 0.3) is 5.91 Å². The molecule has 3 aromatic carbocycles. The van der Waals surface area contributed by atoms with E-state index in [0.717, 1.165) is 28.5 Å². The van der Waals surface area contributed by atoms with Crippen LogP contribution in [0.3, 0.4) is 0 Å². The van der Waals surface area contributed by atoms with E-state index in [2.05, 4.69) is 15.4 Å². The number of amides is 3. The summed E-state index contributed by atoms with van der Waals surface area (Å²) in [5, 5.41) is 17.3. The average Bonchev–Trinajstić information content (AvgIpc) is 3.36. The number of hydrogen-bond donors (Lipinski definition) is 4. The van der Waals surface area contributed by atoms with Gasteiger partial charge >= 0.3 is 0 Å². The third-order valence-corrected chi connectivity index (χ3v) is 10.4. The van der Waals surface area contributed by atoms with Gasteiger partial charge in [-0.15, -0.1) is 11.8 Å². The molecule has 1 aliphatic rings. The Kier molecular flexibility index (Phi) is 12.2. The van der Waals surface area contributed by atoms with Crippen LogP contribution in [0.2, 0.25) is 0 Å². The highest BCUT2D eigenvalue weighted by molar-refractivity contribution is 8.00. The van der Waals surface area contributed by atoms with E-state index < -0.39 is 50.8 Å². The van der Waals surface area contributed by atoms with Crippen molar-refractivity contribution in [1.29, 1.82) is 0 Å². The molecular formula is C35H44N4O6S2. The summed E-state index contributed by atoms with van der Waals surface area (Å²) in [7, 11) is -3.77. The van der Waals surface area contributed by atoms with Gasteiger partial charge in [0.2, 0.25) is 21.8 Å². The number of carbonyl (C=O) groups excluding carboxylic acids is 3. The number of rotatable bonds is 14. The molecule has 10 nitrogen and oxygen atoms in total. The number of benzene rings is 3. The van der Waals surface area contributed by atoms with E-state index in [1.165, 1.54) is 16.7 Å². The van der Waals surface area contributed by atoms with Crippen LogP contribution < -0.4 is 15.4 Å². The van der Waals surface area contributed by atoms with Crippen LogP contribution in [0.5, 0.6) is 0 Å². The molecule has 0 unspecified atom stereocenters. The molecule has 4 rings (SSSR count). The maximum atomic E-state index is 14.0. The van der Waals surface area contributed by atoms with Crippen molar-refractivity contribution in [3.05, 3.63) is 107 Å². The van der Waals surface area contributed by atoms with Crippen molar-refractivity contribution in [2.24, 2.45) is 0 Å². The van der Waals surface area contributed by atoms with Crippen LogP contribution in [0.4, 0.5) is 0 Å². The molecule has 1 heterocycles. The molecule has 3 aromatic rings. The van der Waals surface area contributed by atoms with Crippen molar-refractivity contribution in [3.63, 3.8) is 0 Å². The molecule has 0 aromatic heterocycles. The second-order valence-corrected chi connectivity index (χ2v) is 15.8. The second kappa shape index (κ2) is 15.9. The van der Waals surface area contributed by atoms with Crippen LogP contribution in [0.25, 0.3) is 0 Å². The third kappa shape index (κ3) is 10.1. The zero-order valence-electron chi connectivity index (χ0n) is 27.2. The molecule has 12 heteroatoms. The number of hydrogen-bond acceptors (Lipinski definition) is 7. The van der Waals surface area contributed by atoms with Crippen molar-refractivity contribution in [3.8, 4) is 0 Å². The lowest BCUT2D eigenvalue weighted by Crippen LogP contribution is -2.60. The van der Waals surface area contributed by atoms with Gasteiger partial charge in [-0.25, -0.2) is 13.1 Å². The molecule has 0 aliphatic carbocycles. The first kappa shape index (κ1) is 36.1. The number of carbonyl (C=O) groups is 3. The summed E-state index contributed by atoms with van der Waals surface area (Å²) >= 11 is 1.43. The second-order valence-electron chi connectivity index (χ2n) is 12.4. The van der Waals surface area contributed by atoms with Gasteiger partial charge < -0.3 is 20.6 Å². The first-order valence-corrected chi connectivity index (χ1v) is 18.4. The number of aliphatic hydroxyl groups is 1. The number of thioether (sulfide) groups is 1. The standard InChI is InChI=1S/C35H44N4O6S2/c1-24-13-11-12-18-27(24)22-36-33(42)31-35(2,3)46-23-39(31)34(43)30(40)29(21-26-16-9-6-10-17-26)37-32(41)28(38-47(4,44)45)20-19-25-14-7-5-8-15-25/h5-18,28-31,38,40H,19-23H2,1-4H3,(H,36,42)(H,37,41)/t28-,29+,30+,31-/m1/s1. The Morgan fingerprint density at radius 2 is 1.55 bits per heavy atom. The van der Waals surface area contributed by atoms with E-state index in [-0.39, 0.29) is 31.2 Å². The average molecular weight is 681 g/mol. The Hall–Kier alpha value is -3.71. The molecule has 0 saturated carbocycles. The van der Waals surface area contributed by atoms with Crippen molar-refractivity contribution in [1.82, 2.24) is 20.3 Å². The molecule has 4 N–H and O–H groups in total. The largest absolute Gasteiger partial charge is 0.381 e. The van der Waals surface area contributed by atoms with Gasteiger partial charge in [0.05, 0.1) is 18.2 Å². The van der Waals surface area contributed by atoms with Gasteiger partial charge in [-0.3, -0.25) is 14.4 Å². The monoisotopic (exact) mass is 680 g/mol. The number of aryl methyl sites for hydroxylation is 2. The van der Waals surface area contributed by atoms with Crippen LogP contribution in [0.15, 0.2) is 84.9 Å². The van der Waals surface area contributed by atoms with Gasteiger partial charge in [0.1, 0.15) is 12.1 Å². The van der Waals surface area contributed by atoms with Crippen LogP contribution in [0, 0.1) is 6.92 Å². The van der Waals surface area contributed by atoms with Crippen LogP contribution in [0.1, 0.15) is 42.5 Å². The zero-order chi connectivity index (χ0) is 34.2. The zero-order valence-corrected chi connectivity index (χ0v) is 28.8. The van der Waals surface area contributed by atoms with Crippen LogP contribution in [-0.2, 0) is 43.8 Å². The van der Waals surface area contributed by atoms with Crippen molar-refractivity contribution in [2.45, 2.75) is 75.6 Å². The minimum Gasteiger partial charge on any atom is -0.381 e. The molecular weight excluding hydrogens is 637 g/mol. The maximum absolute atomic E-state index is 14.0. The third-order valence-electron chi connectivity index (χ3n) is 8.29. The molecule has 1 saturated heterocycles. The molecule has 47 heavy (non-hydrogen) atoms. The highest BCUT2D eigenvalue weighted by Crippen LogP contribution is 2.40. The normalized spacial score (nSPS) is 17.8. The summed E-state index contributed by atoms with van der Waals surface area (Å²) in [6, 6.07) is 23.0. The predicted molar refractivity (Wildman–Crippen MR) is 185 cm³/mol. The molecule has 0 spiro atoms. The summed E-state index contributed by atoms with van der Waals surface area (Å²) in [6.07, 6.45) is -0.0600. The summed E-state index contributed by atoms with van der Waals surface area (Å²) in [5.74, 6) is -1.53. The van der Waals surface area contributed by atoms with E-state index in [9.17, 15) is 27.9 Å². The summed E-state index contributed by atoms with van der Waals surface area (Å²) in [6.45, 7) is 6.01. The van der Waals surface area contributed by atoms with E-state index in [1.54, 1.807) is 0 Å². The van der Waals surface area contributed by atoms with E-state index in [0.29, 0.717) is 6.42 Å². The maximum Gasteiger partial charge on any atom is 0.254 e. The van der Waals surface area contributed by atoms with Gasteiger partial charge in [0.15, 0.2) is 6.10 Å². The fraction of sp³-hybridized carbons (Fsp3) is 0.400. The predicted octanol–water partition coefficient (Wildman–Crippen LogP) is 2.93. The molecule has 252 valence electrons. The van der Waals surface area contributed by atoms with E-state index >= 15 is 0 Å². The number of aliphatic hydroxyl groups excluding tert-OH is 1. The van der Waals surface area contributed by atoms with E-state index in [4.69, 9.17) is 0 Å². The molecule has 4 atom stereocenters. The Bertz CT molecular complexity index is 1640. The fourth-order valence-electron chi connectivity index (χ4n) is 5.69. The van der Waals surface area contributed by atoms with Gasteiger partial charge in [0, 0.05) is 11.3 Å². The molecule has 0 radical (unpaired) electrons. The number of nitrogens with zero attached hydrogens (tertiary/aromatic N) is 1. The van der Waals surface area contributed by atoms with Crippen molar-refractivity contribution in [2.75, 3.05) is 12.1 Å². The highest BCUT2D eigenvalue weighted by Gasteiger charge is 2.49. The quantitative estimate of drug-likeness (QED) is 0.205. The SMILES string of the molecule is Cc1ccccc1CNC(=O)[C@H]1N(C(=O)[C@@H](O)[C@H](Cc2ccccc2)NC(=O)[C@@H](CCc2ccccc2)NS(C)(=O)=O)CSC1(C)C. The lowest BCUT2D eigenvalue weighted by molar-refractivity contribution is -0.148. The Balaban J connectivity index is 1.55. The van der Waals surface area contributed by atoms with Crippen molar-refractivity contribution >= 4 is 39.5 Å². The summed E-state index contributed by atoms with van der Waals surface area (Å²) < 4.78 is 26.2. The lowest BCUT2D eigenvalue weighted by atomic mass is 9.96. The minimum atomic E-state index is -3.77. The number of sulfonamides is 1. The van der Waals surface area contributed by atoms with Crippen LogP contribution in [-0.4, -0.2) is 77.3 Å². The fourth-order valence-corrected chi connectivity index (χ4v) is 7.57. The number of nitrogens with one attached hydrogen (secondary N) is 3. The molecule has 1 aliphatic heterocycles. The Labute approximate surface area is 281 Å². The van der Waals surface area contributed by atoms with Gasteiger partial charge in [-0.1, -0.05) is 84.9 Å². The van der Waals surface area contributed by atoms with Crippen molar-refractivity contribution < 1.29 is 27.9 Å². The van der Waals surface area contributed by atoms with E-state index in [1.807, 2.05) is 106 Å². The first-order chi connectivity index (χ1) is 22.2. The van der Waals surface area contributed by atoms with Gasteiger partial charge in [-0.2, -0.15) is 0 Å².